The summed E-state index contributed by atoms with van der Waals surface area (Å²) in [5.74, 6) is 1.30. The maximum Gasteiger partial charge on any atom is 0.149 e. The maximum absolute atomic E-state index is 13.4. The largest absolute Gasteiger partial charge is 0.366 e. The van der Waals surface area contributed by atoms with Gasteiger partial charge in [-0.2, -0.15) is 0 Å². The normalized spacial score (nSPS) is 33.1. The van der Waals surface area contributed by atoms with Gasteiger partial charge in [-0.15, -0.1) is 0 Å². The van der Waals surface area contributed by atoms with Crippen LogP contribution >= 0.6 is 0 Å². The monoisotopic (exact) mass is 339 g/mol. The Hall–Kier alpha value is -1.64. The van der Waals surface area contributed by atoms with Gasteiger partial charge in [-0.25, -0.2) is 0 Å². The molecular formula is C22H29NO2. The van der Waals surface area contributed by atoms with Gasteiger partial charge in [0.15, 0.2) is 0 Å². The summed E-state index contributed by atoms with van der Waals surface area (Å²) >= 11 is 0. The van der Waals surface area contributed by atoms with E-state index in [1.807, 2.05) is 6.07 Å². The number of hydrogen-bond acceptors (Lipinski definition) is 3. The fourth-order valence-electron chi connectivity index (χ4n) is 5.87. The Bertz CT molecular complexity index is 715. The van der Waals surface area contributed by atoms with Crippen molar-refractivity contribution in [2.24, 2.45) is 22.7 Å². The van der Waals surface area contributed by atoms with E-state index in [-0.39, 0.29) is 23.0 Å². The molecule has 3 atom stereocenters. The van der Waals surface area contributed by atoms with Gasteiger partial charge < -0.3 is 4.90 Å². The van der Waals surface area contributed by atoms with Crippen molar-refractivity contribution in [3.8, 4) is 0 Å². The Morgan fingerprint density at radius 3 is 2.32 bits per heavy atom. The Labute approximate surface area is 150 Å². The smallest absolute Gasteiger partial charge is 0.149 e. The standard InChI is InChI=1S/C22H29NO2/c1-14-9-15(2)20-22(18(24)11-21(3,4)12-19(22)25)10-16-7-5-6-8-17(16)23(20)13-14/h5-8,14-15,20H,9-13H2,1-4H3/t14-,15+,20+/m1/s1. The number of para-hydroxylation sites is 1. The minimum absolute atomic E-state index is 0.0229. The van der Waals surface area contributed by atoms with Crippen molar-refractivity contribution in [3.63, 3.8) is 0 Å². The minimum atomic E-state index is -0.830. The zero-order valence-electron chi connectivity index (χ0n) is 15.8. The van der Waals surface area contributed by atoms with Crippen molar-refractivity contribution in [1.82, 2.24) is 0 Å². The van der Waals surface area contributed by atoms with Gasteiger partial charge in [0.25, 0.3) is 0 Å². The van der Waals surface area contributed by atoms with Gasteiger partial charge in [-0.3, -0.25) is 9.59 Å². The zero-order valence-corrected chi connectivity index (χ0v) is 15.8. The molecule has 3 heteroatoms. The van der Waals surface area contributed by atoms with Crippen LogP contribution in [0.2, 0.25) is 0 Å². The summed E-state index contributed by atoms with van der Waals surface area (Å²) in [5, 5.41) is 0. The van der Waals surface area contributed by atoms with Crippen LogP contribution in [0.5, 0.6) is 0 Å². The predicted octanol–water partition coefficient (Wildman–Crippen LogP) is 4.04. The zero-order chi connectivity index (χ0) is 18.0. The first kappa shape index (κ1) is 16.8. The van der Waals surface area contributed by atoms with Gasteiger partial charge in [-0.1, -0.05) is 45.9 Å². The van der Waals surface area contributed by atoms with E-state index in [0.29, 0.717) is 31.1 Å². The molecule has 0 amide bonds. The number of nitrogens with zero attached hydrogens (tertiary/aromatic N) is 1. The molecule has 2 fully saturated rings. The lowest BCUT2D eigenvalue weighted by molar-refractivity contribution is -0.152. The lowest BCUT2D eigenvalue weighted by Gasteiger charge is -2.57. The van der Waals surface area contributed by atoms with Crippen LogP contribution in [-0.2, 0) is 16.0 Å². The SMILES string of the molecule is C[C@@H]1C[C@H](C)[C@@H]2N(C1)c1ccccc1CC21C(=O)CC(C)(C)CC1=O. The van der Waals surface area contributed by atoms with Gasteiger partial charge in [0, 0.05) is 25.1 Å². The molecule has 1 aromatic rings. The first-order valence-corrected chi connectivity index (χ1v) is 9.66. The second-order valence-electron chi connectivity index (χ2n) is 9.56. The molecule has 0 unspecified atom stereocenters. The quantitative estimate of drug-likeness (QED) is 0.670. The Morgan fingerprint density at radius 2 is 1.64 bits per heavy atom. The number of carbonyl (C=O) groups is 2. The highest BCUT2D eigenvalue weighted by Crippen LogP contribution is 2.53. The van der Waals surface area contributed by atoms with Crippen LogP contribution in [0.4, 0.5) is 5.69 Å². The number of fused-ring (bicyclic) bond motifs is 4. The molecule has 4 rings (SSSR count). The van der Waals surface area contributed by atoms with Crippen LogP contribution in [0, 0.1) is 22.7 Å². The topological polar surface area (TPSA) is 37.4 Å². The van der Waals surface area contributed by atoms with Crippen LogP contribution < -0.4 is 4.90 Å². The first-order chi connectivity index (χ1) is 11.7. The molecule has 1 aromatic carbocycles. The van der Waals surface area contributed by atoms with Gasteiger partial charge >= 0.3 is 0 Å². The lowest BCUT2D eigenvalue weighted by Crippen LogP contribution is -2.67. The molecule has 1 saturated carbocycles. The molecule has 2 heterocycles. The molecule has 0 aromatic heterocycles. The van der Waals surface area contributed by atoms with Crippen LogP contribution in [0.15, 0.2) is 24.3 Å². The third-order valence-electron chi connectivity index (χ3n) is 6.71. The highest BCUT2D eigenvalue weighted by atomic mass is 16.2. The lowest BCUT2D eigenvalue weighted by atomic mass is 9.54. The fourth-order valence-corrected chi connectivity index (χ4v) is 5.87. The highest BCUT2D eigenvalue weighted by Gasteiger charge is 2.61. The number of rotatable bonds is 0. The van der Waals surface area contributed by atoms with Crippen molar-refractivity contribution in [1.29, 1.82) is 0 Å². The van der Waals surface area contributed by atoms with E-state index in [2.05, 4.69) is 50.8 Å². The summed E-state index contributed by atoms with van der Waals surface area (Å²) < 4.78 is 0. The van der Waals surface area contributed by atoms with Gasteiger partial charge in [-0.05, 0) is 41.7 Å². The highest BCUT2D eigenvalue weighted by molar-refractivity contribution is 6.11. The van der Waals surface area contributed by atoms with Crippen LogP contribution in [0.1, 0.15) is 52.5 Å². The summed E-state index contributed by atoms with van der Waals surface area (Å²) in [7, 11) is 0. The molecule has 1 spiro atoms. The van der Waals surface area contributed by atoms with E-state index in [1.54, 1.807) is 0 Å². The van der Waals surface area contributed by atoms with Crippen molar-refractivity contribution in [3.05, 3.63) is 29.8 Å². The number of anilines is 1. The van der Waals surface area contributed by atoms with E-state index >= 15 is 0 Å². The number of Topliss-reactive ketones (excluding diaryl/α,β-unsaturated/α-hetero) is 2. The molecule has 3 nitrogen and oxygen atoms in total. The molecular weight excluding hydrogens is 310 g/mol. The van der Waals surface area contributed by atoms with Gasteiger partial charge in [0.1, 0.15) is 17.0 Å². The molecule has 0 bridgehead atoms. The third kappa shape index (κ3) is 2.38. The average molecular weight is 339 g/mol. The number of benzene rings is 1. The number of carbonyl (C=O) groups excluding carboxylic acids is 2. The van der Waals surface area contributed by atoms with E-state index in [9.17, 15) is 9.59 Å². The first-order valence-electron chi connectivity index (χ1n) is 9.66. The van der Waals surface area contributed by atoms with E-state index < -0.39 is 5.41 Å². The third-order valence-corrected chi connectivity index (χ3v) is 6.71. The van der Waals surface area contributed by atoms with Crippen molar-refractivity contribution >= 4 is 17.3 Å². The molecule has 2 aliphatic heterocycles. The number of hydrogen-bond donors (Lipinski definition) is 0. The van der Waals surface area contributed by atoms with E-state index in [1.165, 1.54) is 11.3 Å². The van der Waals surface area contributed by atoms with Gasteiger partial charge in [0.2, 0.25) is 0 Å². The molecule has 3 aliphatic rings. The van der Waals surface area contributed by atoms with Crippen molar-refractivity contribution in [2.45, 2.75) is 59.4 Å². The van der Waals surface area contributed by atoms with E-state index in [4.69, 9.17) is 0 Å². The van der Waals surface area contributed by atoms with E-state index in [0.717, 1.165) is 13.0 Å². The molecule has 1 aliphatic carbocycles. The Balaban J connectivity index is 1.89. The maximum atomic E-state index is 13.4. The van der Waals surface area contributed by atoms with Crippen LogP contribution in [0.3, 0.4) is 0 Å². The summed E-state index contributed by atoms with van der Waals surface area (Å²) in [6.45, 7) is 9.57. The molecule has 134 valence electrons. The Morgan fingerprint density at radius 1 is 1.00 bits per heavy atom. The molecule has 0 N–H and O–H groups in total. The molecule has 25 heavy (non-hydrogen) atoms. The summed E-state index contributed by atoms with van der Waals surface area (Å²) in [6, 6.07) is 8.41. The van der Waals surface area contributed by atoms with Crippen molar-refractivity contribution < 1.29 is 9.59 Å². The fraction of sp³-hybridized carbons (Fsp3) is 0.636. The second kappa shape index (κ2) is 5.43. The minimum Gasteiger partial charge on any atom is -0.366 e. The summed E-state index contributed by atoms with van der Waals surface area (Å²) in [5.41, 5.74) is 1.37. The second-order valence-corrected chi connectivity index (χ2v) is 9.56. The predicted molar refractivity (Wildman–Crippen MR) is 99.7 cm³/mol. The molecule has 1 saturated heterocycles. The van der Waals surface area contributed by atoms with Crippen molar-refractivity contribution in [2.75, 3.05) is 11.4 Å². The Kier molecular flexibility index (Phi) is 3.65. The summed E-state index contributed by atoms with van der Waals surface area (Å²) in [6.07, 6.45) is 2.73. The number of piperidine rings is 1. The van der Waals surface area contributed by atoms with Crippen LogP contribution in [0.25, 0.3) is 0 Å². The average Bonchev–Trinajstić information content (AvgIpc) is 2.51. The van der Waals surface area contributed by atoms with Gasteiger partial charge in [0.05, 0.1) is 6.04 Å². The number of ketones is 2. The molecule has 0 radical (unpaired) electrons. The summed E-state index contributed by atoms with van der Waals surface area (Å²) in [4.78, 5) is 29.3. The van der Waals surface area contributed by atoms with Crippen LogP contribution in [-0.4, -0.2) is 24.2 Å².